The molecule has 1 N–H and O–H groups in total. The van der Waals surface area contributed by atoms with E-state index < -0.39 is 0 Å². The smallest absolute Gasteiger partial charge is 0.0103 e. The van der Waals surface area contributed by atoms with Crippen LogP contribution in [0.4, 0.5) is 0 Å². The molecule has 2 heteroatoms. The van der Waals surface area contributed by atoms with E-state index in [4.69, 9.17) is 0 Å². The summed E-state index contributed by atoms with van der Waals surface area (Å²) in [5, 5.41) is 5.65. The van der Waals surface area contributed by atoms with Crippen molar-refractivity contribution < 1.29 is 0 Å². The normalized spacial score (nSPS) is 13.1. The Morgan fingerprint density at radius 1 is 1.43 bits per heavy atom. The van der Waals surface area contributed by atoms with Gasteiger partial charge in [0.2, 0.25) is 0 Å². The minimum atomic E-state index is 0.708. The molecule has 0 bridgehead atoms. The van der Waals surface area contributed by atoms with Gasteiger partial charge >= 0.3 is 0 Å². The summed E-state index contributed by atoms with van der Waals surface area (Å²) in [5.74, 6) is 0.708. The number of nitrogens with one attached hydrogen (secondary N) is 1. The Bertz CT molecular complexity index is 255. The van der Waals surface area contributed by atoms with Gasteiger partial charge in [-0.1, -0.05) is 13.8 Å². The number of hydrogen-bond acceptors (Lipinski definition) is 2. The maximum atomic E-state index is 3.45. The third-order valence-corrected chi connectivity index (χ3v) is 3.78. The zero-order chi connectivity index (χ0) is 10.4. The van der Waals surface area contributed by atoms with Crippen molar-refractivity contribution in [2.24, 2.45) is 0 Å². The van der Waals surface area contributed by atoms with E-state index in [0.29, 0.717) is 5.92 Å². The van der Waals surface area contributed by atoms with E-state index in [2.05, 4.69) is 37.5 Å². The molecule has 0 saturated carbocycles. The molecule has 0 saturated heterocycles. The lowest BCUT2D eigenvalue weighted by molar-refractivity contribution is 0.594. The molecule has 1 unspecified atom stereocenters. The maximum absolute atomic E-state index is 3.45. The van der Waals surface area contributed by atoms with Gasteiger partial charge < -0.3 is 5.32 Å². The van der Waals surface area contributed by atoms with Gasteiger partial charge in [-0.25, -0.2) is 0 Å². The van der Waals surface area contributed by atoms with Crippen LogP contribution in [0.1, 0.15) is 43.0 Å². The number of thiophene rings is 1. The molecule has 0 aliphatic rings. The number of hydrogen-bond donors (Lipinski definition) is 1. The predicted octanol–water partition coefficient (Wildman–Crippen LogP) is 3.55. The third kappa shape index (κ3) is 3.43. The van der Waals surface area contributed by atoms with Crippen LogP contribution < -0.4 is 5.32 Å². The second-order valence-corrected chi connectivity index (χ2v) is 4.86. The summed E-state index contributed by atoms with van der Waals surface area (Å²) in [6.45, 7) is 9.04. The Morgan fingerprint density at radius 3 is 2.79 bits per heavy atom. The van der Waals surface area contributed by atoms with E-state index in [1.807, 2.05) is 11.3 Å². The topological polar surface area (TPSA) is 12.0 Å². The van der Waals surface area contributed by atoms with Crippen molar-refractivity contribution in [2.75, 3.05) is 13.1 Å². The summed E-state index contributed by atoms with van der Waals surface area (Å²) in [7, 11) is 0. The van der Waals surface area contributed by atoms with E-state index in [0.717, 1.165) is 13.1 Å². The van der Waals surface area contributed by atoms with Gasteiger partial charge in [0.1, 0.15) is 0 Å². The highest BCUT2D eigenvalue weighted by atomic mass is 32.1. The zero-order valence-corrected chi connectivity index (χ0v) is 10.3. The molecular formula is C12H21NS. The van der Waals surface area contributed by atoms with E-state index in [9.17, 15) is 0 Å². The molecule has 0 aromatic carbocycles. The van der Waals surface area contributed by atoms with Crippen LogP contribution >= 0.6 is 11.3 Å². The maximum Gasteiger partial charge on any atom is 0.0103 e. The highest BCUT2D eigenvalue weighted by Gasteiger charge is 2.08. The van der Waals surface area contributed by atoms with Gasteiger partial charge in [-0.05, 0) is 55.8 Å². The summed E-state index contributed by atoms with van der Waals surface area (Å²) in [6.07, 6.45) is 2.48. The first-order valence-electron chi connectivity index (χ1n) is 5.50. The molecular weight excluding hydrogens is 190 g/mol. The second kappa shape index (κ2) is 6.20. The molecule has 1 aromatic heterocycles. The molecule has 0 spiro atoms. The predicted molar refractivity (Wildman–Crippen MR) is 65.2 cm³/mol. The summed E-state index contributed by atoms with van der Waals surface area (Å²) in [5.41, 5.74) is 1.46. The Kier molecular flexibility index (Phi) is 5.20. The molecule has 0 aliphatic heterocycles. The average Bonchev–Trinajstić information content (AvgIpc) is 2.59. The molecule has 1 heterocycles. The summed E-state index contributed by atoms with van der Waals surface area (Å²) >= 11 is 1.89. The Hall–Kier alpha value is -0.340. The van der Waals surface area contributed by atoms with Crippen LogP contribution in [-0.2, 0) is 0 Å². The fourth-order valence-electron chi connectivity index (χ4n) is 1.64. The molecule has 1 atom stereocenters. The van der Waals surface area contributed by atoms with Gasteiger partial charge in [0.25, 0.3) is 0 Å². The standard InChI is InChI=1S/C12H21NS/c1-4-7-13-8-5-10(2)12-11(3)6-9-14-12/h6,9-10,13H,4-5,7-8H2,1-3H3. The fraction of sp³-hybridized carbons (Fsp3) is 0.667. The van der Waals surface area contributed by atoms with Crippen LogP contribution in [0.25, 0.3) is 0 Å². The van der Waals surface area contributed by atoms with Gasteiger partial charge in [-0.15, -0.1) is 11.3 Å². The largest absolute Gasteiger partial charge is 0.317 e. The molecule has 80 valence electrons. The first-order valence-corrected chi connectivity index (χ1v) is 6.38. The number of rotatable bonds is 6. The van der Waals surface area contributed by atoms with Crippen LogP contribution in [0.5, 0.6) is 0 Å². The van der Waals surface area contributed by atoms with Crippen molar-refractivity contribution in [2.45, 2.75) is 39.5 Å². The molecule has 0 aliphatic carbocycles. The van der Waals surface area contributed by atoms with Gasteiger partial charge in [0, 0.05) is 4.88 Å². The number of aryl methyl sites for hydroxylation is 1. The lowest BCUT2D eigenvalue weighted by Gasteiger charge is -2.11. The van der Waals surface area contributed by atoms with Crippen molar-refractivity contribution >= 4 is 11.3 Å². The Morgan fingerprint density at radius 2 is 2.21 bits per heavy atom. The van der Waals surface area contributed by atoms with Gasteiger partial charge in [-0.3, -0.25) is 0 Å². The van der Waals surface area contributed by atoms with E-state index in [-0.39, 0.29) is 0 Å². The SMILES string of the molecule is CCCNCCC(C)c1sccc1C. The molecule has 1 aromatic rings. The second-order valence-electron chi connectivity index (χ2n) is 3.91. The Balaban J connectivity index is 2.28. The van der Waals surface area contributed by atoms with Crippen molar-refractivity contribution in [3.05, 3.63) is 21.9 Å². The molecule has 0 fully saturated rings. The molecule has 1 nitrogen and oxygen atoms in total. The van der Waals surface area contributed by atoms with Crippen LogP contribution in [0.15, 0.2) is 11.4 Å². The van der Waals surface area contributed by atoms with Gasteiger partial charge in [-0.2, -0.15) is 0 Å². The quantitative estimate of drug-likeness (QED) is 0.710. The Labute approximate surface area is 91.5 Å². The molecule has 1 rings (SSSR count). The first kappa shape index (κ1) is 11.7. The van der Waals surface area contributed by atoms with Gasteiger partial charge in [0.05, 0.1) is 0 Å². The van der Waals surface area contributed by atoms with Crippen LogP contribution in [0, 0.1) is 6.92 Å². The van der Waals surface area contributed by atoms with Crippen molar-refractivity contribution in [1.29, 1.82) is 0 Å². The van der Waals surface area contributed by atoms with E-state index in [1.54, 1.807) is 4.88 Å². The van der Waals surface area contributed by atoms with Gasteiger partial charge in [0.15, 0.2) is 0 Å². The third-order valence-electron chi connectivity index (χ3n) is 2.53. The molecule has 0 radical (unpaired) electrons. The summed E-state index contributed by atoms with van der Waals surface area (Å²) in [4.78, 5) is 1.56. The van der Waals surface area contributed by atoms with Crippen molar-refractivity contribution in [3.63, 3.8) is 0 Å². The monoisotopic (exact) mass is 211 g/mol. The van der Waals surface area contributed by atoms with E-state index >= 15 is 0 Å². The van der Waals surface area contributed by atoms with Crippen molar-refractivity contribution in [3.8, 4) is 0 Å². The lowest BCUT2D eigenvalue weighted by Crippen LogP contribution is -2.17. The highest BCUT2D eigenvalue weighted by Crippen LogP contribution is 2.27. The molecule has 14 heavy (non-hydrogen) atoms. The summed E-state index contributed by atoms with van der Waals surface area (Å²) in [6, 6.07) is 2.22. The van der Waals surface area contributed by atoms with Crippen LogP contribution in [-0.4, -0.2) is 13.1 Å². The summed E-state index contributed by atoms with van der Waals surface area (Å²) < 4.78 is 0. The van der Waals surface area contributed by atoms with Crippen LogP contribution in [0.3, 0.4) is 0 Å². The van der Waals surface area contributed by atoms with E-state index in [1.165, 1.54) is 18.4 Å². The highest BCUT2D eigenvalue weighted by molar-refractivity contribution is 7.10. The average molecular weight is 211 g/mol. The fourth-order valence-corrected chi connectivity index (χ4v) is 2.66. The lowest BCUT2D eigenvalue weighted by atomic mass is 10.0. The minimum absolute atomic E-state index is 0.708. The van der Waals surface area contributed by atoms with Crippen molar-refractivity contribution in [1.82, 2.24) is 5.32 Å². The first-order chi connectivity index (χ1) is 6.75. The minimum Gasteiger partial charge on any atom is -0.317 e. The van der Waals surface area contributed by atoms with Crippen LogP contribution in [0.2, 0.25) is 0 Å². The zero-order valence-electron chi connectivity index (χ0n) is 9.47. The molecule has 0 amide bonds.